The second-order valence-electron chi connectivity index (χ2n) is 8.01. The third-order valence-electron chi connectivity index (χ3n) is 6.06. The van der Waals surface area contributed by atoms with Crippen molar-refractivity contribution in [1.82, 2.24) is 15.1 Å². The van der Waals surface area contributed by atoms with Crippen LogP contribution in [0.3, 0.4) is 0 Å². The van der Waals surface area contributed by atoms with Gasteiger partial charge in [-0.05, 0) is 34.9 Å². The van der Waals surface area contributed by atoms with Gasteiger partial charge in [-0.1, -0.05) is 35.9 Å². The van der Waals surface area contributed by atoms with Crippen LogP contribution in [0.1, 0.15) is 22.3 Å². The molecule has 1 aliphatic carbocycles. The molecule has 1 heterocycles. The molecule has 0 atom stereocenters. The fourth-order valence-corrected chi connectivity index (χ4v) is 4.96. The number of likely N-dealkylation sites (N-methyl/N-ethyl adjacent to an activating group) is 1. The number of fused-ring (bicyclic) bond motifs is 1. The topological polar surface area (TPSA) is 59.4 Å². The summed E-state index contributed by atoms with van der Waals surface area (Å²) in [6.07, 6.45) is 1.48. The van der Waals surface area contributed by atoms with E-state index in [1.165, 1.54) is 11.1 Å². The van der Waals surface area contributed by atoms with E-state index >= 15 is 0 Å². The zero-order valence-corrected chi connectivity index (χ0v) is 19.8. The molecule has 0 radical (unpaired) electrons. The number of rotatable bonds is 4. The Balaban J connectivity index is 0.00000171. The Kier molecular flexibility index (Phi) is 8.76. The van der Waals surface area contributed by atoms with Crippen LogP contribution in [0.5, 0.6) is 0 Å². The minimum absolute atomic E-state index is 0. The SMILES string of the molecule is CN(Cc1cc(Cl)cc(C#N)c1)C(=O)C1(N2CCNCC2)Cc2ccccc2C1.Cl.Cl. The van der Waals surface area contributed by atoms with Crippen molar-refractivity contribution in [3.8, 4) is 6.07 Å². The van der Waals surface area contributed by atoms with E-state index in [4.69, 9.17) is 11.6 Å². The van der Waals surface area contributed by atoms with Gasteiger partial charge in [0.15, 0.2) is 0 Å². The van der Waals surface area contributed by atoms with Crippen molar-refractivity contribution in [2.24, 2.45) is 0 Å². The zero-order valence-electron chi connectivity index (χ0n) is 17.4. The van der Waals surface area contributed by atoms with Gasteiger partial charge in [0.1, 0.15) is 5.54 Å². The number of nitriles is 1. The molecule has 2 aliphatic rings. The first-order valence-electron chi connectivity index (χ1n) is 9.99. The fraction of sp³-hybridized carbons (Fsp3) is 0.391. The van der Waals surface area contributed by atoms with Gasteiger partial charge in [-0.2, -0.15) is 5.26 Å². The van der Waals surface area contributed by atoms with Crippen LogP contribution in [0.15, 0.2) is 42.5 Å². The third-order valence-corrected chi connectivity index (χ3v) is 6.28. The number of amides is 1. The Bertz CT molecular complexity index is 945. The summed E-state index contributed by atoms with van der Waals surface area (Å²) in [6, 6.07) is 15.8. The van der Waals surface area contributed by atoms with Gasteiger partial charge in [-0.25, -0.2) is 0 Å². The highest BCUT2D eigenvalue weighted by Crippen LogP contribution is 2.36. The minimum atomic E-state index is -0.544. The molecule has 0 bridgehead atoms. The van der Waals surface area contributed by atoms with Crippen molar-refractivity contribution >= 4 is 42.3 Å². The Morgan fingerprint density at radius 3 is 2.35 bits per heavy atom. The van der Waals surface area contributed by atoms with E-state index in [9.17, 15) is 10.1 Å². The third kappa shape index (κ3) is 5.16. The molecule has 0 saturated carbocycles. The van der Waals surface area contributed by atoms with Crippen molar-refractivity contribution < 1.29 is 4.79 Å². The molecular formula is C23H27Cl3N4O. The molecule has 4 rings (SSSR count). The summed E-state index contributed by atoms with van der Waals surface area (Å²) < 4.78 is 0. The van der Waals surface area contributed by atoms with Crippen LogP contribution in [-0.2, 0) is 24.2 Å². The van der Waals surface area contributed by atoms with E-state index in [-0.39, 0.29) is 30.7 Å². The Hall–Kier alpha value is -1.81. The van der Waals surface area contributed by atoms with Gasteiger partial charge in [-0.15, -0.1) is 24.8 Å². The van der Waals surface area contributed by atoms with Crippen LogP contribution in [0.2, 0.25) is 5.02 Å². The monoisotopic (exact) mass is 480 g/mol. The normalized spacial score (nSPS) is 16.9. The molecule has 2 aromatic carbocycles. The predicted molar refractivity (Wildman–Crippen MR) is 128 cm³/mol. The van der Waals surface area contributed by atoms with Crippen molar-refractivity contribution in [2.75, 3.05) is 33.2 Å². The summed E-state index contributed by atoms with van der Waals surface area (Å²) in [5.74, 6) is 0.133. The number of hydrogen-bond acceptors (Lipinski definition) is 4. The first-order valence-corrected chi connectivity index (χ1v) is 10.4. The maximum atomic E-state index is 13.8. The molecule has 1 N–H and O–H groups in total. The molecule has 1 aliphatic heterocycles. The van der Waals surface area contributed by atoms with Crippen LogP contribution >= 0.6 is 36.4 Å². The predicted octanol–water partition coefficient (Wildman–Crippen LogP) is 3.46. The van der Waals surface area contributed by atoms with Crippen LogP contribution < -0.4 is 5.32 Å². The zero-order chi connectivity index (χ0) is 20.4. The lowest BCUT2D eigenvalue weighted by atomic mass is 9.90. The molecular weight excluding hydrogens is 455 g/mol. The number of piperazine rings is 1. The van der Waals surface area contributed by atoms with Gasteiger partial charge in [0, 0.05) is 57.6 Å². The average Bonchev–Trinajstić information content (AvgIpc) is 3.14. The largest absolute Gasteiger partial charge is 0.340 e. The minimum Gasteiger partial charge on any atom is -0.340 e. The number of nitrogens with one attached hydrogen (secondary N) is 1. The van der Waals surface area contributed by atoms with Crippen molar-refractivity contribution in [3.05, 3.63) is 69.7 Å². The maximum absolute atomic E-state index is 13.8. The van der Waals surface area contributed by atoms with Gasteiger partial charge < -0.3 is 10.2 Å². The van der Waals surface area contributed by atoms with Gasteiger partial charge in [0.2, 0.25) is 5.91 Å². The molecule has 31 heavy (non-hydrogen) atoms. The molecule has 0 aromatic heterocycles. The number of carbonyl (C=O) groups excluding carboxylic acids is 1. The Morgan fingerprint density at radius 1 is 1.16 bits per heavy atom. The van der Waals surface area contributed by atoms with E-state index in [0.717, 1.165) is 44.6 Å². The summed E-state index contributed by atoms with van der Waals surface area (Å²) >= 11 is 6.16. The molecule has 5 nitrogen and oxygen atoms in total. The van der Waals surface area contributed by atoms with Gasteiger partial charge >= 0.3 is 0 Å². The van der Waals surface area contributed by atoms with Crippen molar-refractivity contribution in [3.63, 3.8) is 0 Å². The van der Waals surface area contributed by atoms with Crippen molar-refractivity contribution in [1.29, 1.82) is 5.26 Å². The van der Waals surface area contributed by atoms with Gasteiger partial charge in [0.25, 0.3) is 0 Å². The highest BCUT2D eigenvalue weighted by Gasteiger charge is 2.49. The summed E-state index contributed by atoms with van der Waals surface area (Å²) in [4.78, 5) is 18.0. The molecule has 8 heteroatoms. The highest BCUT2D eigenvalue weighted by atomic mass is 35.5. The average molecular weight is 482 g/mol. The summed E-state index contributed by atoms with van der Waals surface area (Å²) in [5, 5.41) is 13.1. The van der Waals surface area contributed by atoms with E-state index in [1.54, 1.807) is 17.0 Å². The van der Waals surface area contributed by atoms with Crippen LogP contribution in [0, 0.1) is 11.3 Å². The molecule has 1 saturated heterocycles. The smallest absolute Gasteiger partial charge is 0.243 e. The Labute approximate surface area is 201 Å². The van der Waals surface area contributed by atoms with Gasteiger partial charge in [0.05, 0.1) is 11.6 Å². The molecule has 1 amide bonds. The van der Waals surface area contributed by atoms with Gasteiger partial charge in [-0.3, -0.25) is 9.69 Å². The first-order chi connectivity index (χ1) is 14.0. The molecule has 2 aromatic rings. The number of hydrogen-bond donors (Lipinski definition) is 1. The lowest BCUT2D eigenvalue weighted by Gasteiger charge is -2.44. The van der Waals surface area contributed by atoms with E-state index in [1.807, 2.05) is 13.1 Å². The summed E-state index contributed by atoms with van der Waals surface area (Å²) in [5.41, 5.74) is 3.37. The highest BCUT2D eigenvalue weighted by molar-refractivity contribution is 6.30. The second-order valence-corrected chi connectivity index (χ2v) is 8.45. The van der Waals surface area contributed by atoms with Crippen LogP contribution in [0.4, 0.5) is 0 Å². The molecule has 0 spiro atoms. The molecule has 1 fully saturated rings. The van der Waals surface area contributed by atoms with E-state index < -0.39 is 5.54 Å². The first kappa shape index (κ1) is 25.5. The Morgan fingerprint density at radius 2 is 1.77 bits per heavy atom. The molecule has 0 unspecified atom stereocenters. The lowest BCUT2D eigenvalue weighted by molar-refractivity contribution is -0.144. The quantitative estimate of drug-likeness (QED) is 0.726. The maximum Gasteiger partial charge on any atom is 0.243 e. The van der Waals surface area contributed by atoms with E-state index in [2.05, 4.69) is 40.6 Å². The standard InChI is InChI=1S/C23H25ClN4O.2ClH/c1-27(16-18-10-17(15-25)11-21(24)12-18)22(29)23(28-8-6-26-7-9-28)13-19-4-2-3-5-20(19)14-23;;/h2-5,10-12,26H,6-9,13-14,16H2,1H3;2*1H. The van der Waals surface area contributed by atoms with Crippen LogP contribution in [-0.4, -0.2) is 54.5 Å². The summed E-state index contributed by atoms with van der Waals surface area (Å²) in [7, 11) is 1.85. The molecule has 166 valence electrons. The summed E-state index contributed by atoms with van der Waals surface area (Å²) in [6.45, 7) is 3.95. The number of benzene rings is 2. The number of nitrogens with zero attached hydrogens (tertiary/aromatic N) is 3. The number of halogens is 3. The van der Waals surface area contributed by atoms with Crippen molar-refractivity contribution in [2.45, 2.75) is 24.9 Å². The van der Waals surface area contributed by atoms with E-state index in [0.29, 0.717) is 17.1 Å². The van der Waals surface area contributed by atoms with Crippen LogP contribution in [0.25, 0.3) is 0 Å². The number of carbonyl (C=O) groups is 1. The second kappa shape index (κ2) is 10.7. The lowest BCUT2D eigenvalue weighted by Crippen LogP contribution is -2.63. The fourth-order valence-electron chi connectivity index (χ4n) is 4.71.